The summed E-state index contributed by atoms with van der Waals surface area (Å²) in [5, 5.41) is 14.8. The van der Waals surface area contributed by atoms with Gasteiger partial charge in [-0.15, -0.1) is 0 Å². The maximum Gasteiger partial charge on any atom is 0.104 e. The van der Waals surface area contributed by atoms with Crippen LogP contribution in [-0.2, 0) is 5.60 Å². The largest absolute Gasteiger partial charge is 0.384 e. The van der Waals surface area contributed by atoms with E-state index >= 15 is 0 Å². The number of benzene rings is 1. The van der Waals surface area contributed by atoms with Gasteiger partial charge in [0.25, 0.3) is 0 Å². The van der Waals surface area contributed by atoms with Crippen LogP contribution in [0.5, 0.6) is 0 Å². The molecule has 1 atom stereocenters. The van der Waals surface area contributed by atoms with Crippen molar-refractivity contribution < 1.29 is 5.11 Å². The summed E-state index contributed by atoms with van der Waals surface area (Å²) in [6.07, 6.45) is 2.71. The van der Waals surface area contributed by atoms with Crippen molar-refractivity contribution in [1.82, 2.24) is 10.3 Å². The Morgan fingerprint density at radius 1 is 1.27 bits per heavy atom. The van der Waals surface area contributed by atoms with Crippen LogP contribution >= 0.6 is 0 Å². The molecule has 15 heavy (non-hydrogen) atoms. The first-order valence-corrected chi connectivity index (χ1v) is 5.29. The smallest absolute Gasteiger partial charge is 0.104 e. The van der Waals surface area contributed by atoms with Gasteiger partial charge < -0.3 is 15.4 Å². The molecule has 3 N–H and O–H groups in total. The molecular weight excluding hydrogens is 188 g/mol. The van der Waals surface area contributed by atoms with Crippen LogP contribution in [0.2, 0.25) is 0 Å². The van der Waals surface area contributed by atoms with E-state index in [0.717, 1.165) is 29.4 Å². The lowest BCUT2D eigenvalue weighted by Crippen LogP contribution is -2.28. The van der Waals surface area contributed by atoms with E-state index < -0.39 is 5.60 Å². The van der Waals surface area contributed by atoms with Crippen molar-refractivity contribution in [3.05, 3.63) is 36.0 Å². The standard InChI is InChI=1S/C12H14N2O/c15-12(5-7-13-8-12)10-2-1-3-11-9(10)4-6-14-11/h1-4,6,13-15H,5,7-8H2. The molecule has 3 rings (SSSR count). The molecule has 3 nitrogen and oxygen atoms in total. The van der Waals surface area contributed by atoms with Crippen molar-refractivity contribution in [3.8, 4) is 0 Å². The third-order valence-electron chi connectivity index (χ3n) is 3.23. The van der Waals surface area contributed by atoms with Gasteiger partial charge >= 0.3 is 0 Å². The monoisotopic (exact) mass is 202 g/mol. The molecule has 2 heterocycles. The molecule has 0 spiro atoms. The summed E-state index contributed by atoms with van der Waals surface area (Å²) >= 11 is 0. The molecular formula is C12H14N2O. The molecule has 1 aliphatic rings. The fourth-order valence-electron chi connectivity index (χ4n) is 2.40. The molecule has 1 aromatic carbocycles. The highest BCUT2D eigenvalue weighted by atomic mass is 16.3. The van der Waals surface area contributed by atoms with E-state index in [4.69, 9.17) is 0 Å². The van der Waals surface area contributed by atoms with Crippen LogP contribution in [0.25, 0.3) is 10.9 Å². The minimum atomic E-state index is -0.693. The molecule has 2 aromatic rings. The van der Waals surface area contributed by atoms with Crippen LogP contribution in [0, 0.1) is 0 Å². The second kappa shape index (κ2) is 3.08. The van der Waals surface area contributed by atoms with Gasteiger partial charge in [-0.25, -0.2) is 0 Å². The first-order valence-electron chi connectivity index (χ1n) is 5.29. The van der Waals surface area contributed by atoms with E-state index in [0.29, 0.717) is 6.54 Å². The molecule has 0 amide bonds. The van der Waals surface area contributed by atoms with Gasteiger partial charge in [0.15, 0.2) is 0 Å². The number of aromatic nitrogens is 1. The van der Waals surface area contributed by atoms with E-state index in [1.165, 1.54) is 0 Å². The van der Waals surface area contributed by atoms with Crippen molar-refractivity contribution in [2.24, 2.45) is 0 Å². The molecule has 1 aromatic heterocycles. The summed E-state index contributed by atoms with van der Waals surface area (Å²) in [5.74, 6) is 0. The number of fused-ring (bicyclic) bond motifs is 1. The van der Waals surface area contributed by atoms with Crippen molar-refractivity contribution in [2.75, 3.05) is 13.1 Å². The molecule has 1 saturated heterocycles. The zero-order valence-corrected chi connectivity index (χ0v) is 8.46. The van der Waals surface area contributed by atoms with Crippen molar-refractivity contribution in [3.63, 3.8) is 0 Å². The minimum absolute atomic E-state index is 0.650. The average molecular weight is 202 g/mol. The minimum Gasteiger partial charge on any atom is -0.384 e. The topological polar surface area (TPSA) is 48.0 Å². The normalized spacial score (nSPS) is 26.2. The quantitative estimate of drug-likeness (QED) is 0.653. The Bertz CT molecular complexity index is 483. The number of hydrogen-bond acceptors (Lipinski definition) is 2. The molecule has 1 fully saturated rings. The Morgan fingerprint density at radius 2 is 2.20 bits per heavy atom. The molecule has 78 valence electrons. The van der Waals surface area contributed by atoms with Crippen LogP contribution < -0.4 is 5.32 Å². The number of aromatic amines is 1. The van der Waals surface area contributed by atoms with E-state index in [-0.39, 0.29) is 0 Å². The van der Waals surface area contributed by atoms with Gasteiger partial charge in [0.1, 0.15) is 5.60 Å². The Balaban J connectivity index is 2.21. The van der Waals surface area contributed by atoms with Crippen molar-refractivity contribution in [1.29, 1.82) is 0 Å². The summed E-state index contributed by atoms with van der Waals surface area (Å²) in [6.45, 7) is 1.54. The van der Waals surface area contributed by atoms with Gasteiger partial charge in [-0.3, -0.25) is 0 Å². The Kier molecular flexibility index (Phi) is 1.84. The van der Waals surface area contributed by atoms with Gasteiger partial charge in [0.2, 0.25) is 0 Å². The van der Waals surface area contributed by atoms with Gasteiger partial charge in [0, 0.05) is 23.6 Å². The van der Waals surface area contributed by atoms with Gasteiger partial charge in [0.05, 0.1) is 0 Å². The maximum atomic E-state index is 10.5. The van der Waals surface area contributed by atoms with Crippen LogP contribution in [0.4, 0.5) is 0 Å². The molecule has 3 heteroatoms. The molecule has 0 saturated carbocycles. The summed E-state index contributed by atoms with van der Waals surface area (Å²) in [5.41, 5.74) is 1.43. The lowest BCUT2D eigenvalue weighted by atomic mass is 9.90. The molecule has 0 aliphatic carbocycles. The van der Waals surface area contributed by atoms with Gasteiger partial charge in [-0.1, -0.05) is 12.1 Å². The van der Waals surface area contributed by atoms with Crippen LogP contribution in [0.15, 0.2) is 30.5 Å². The second-order valence-corrected chi connectivity index (χ2v) is 4.20. The fraction of sp³-hybridized carbons (Fsp3) is 0.333. The number of rotatable bonds is 1. The summed E-state index contributed by atoms with van der Waals surface area (Å²) < 4.78 is 0. The zero-order valence-electron chi connectivity index (χ0n) is 8.46. The van der Waals surface area contributed by atoms with Crippen LogP contribution in [0.1, 0.15) is 12.0 Å². The SMILES string of the molecule is OC1(c2cccc3[nH]ccc23)CCNC1. The third-order valence-corrected chi connectivity index (χ3v) is 3.23. The molecule has 0 bridgehead atoms. The third kappa shape index (κ3) is 1.28. The zero-order chi connectivity index (χ0) is 10.3. The Labute approximate surface area is 88.1 Å². The summed E-state index contributed by atoms with van der Waals surface area (Å²) in [7, 11) is 0. The van der Waals surface area contributed by atoms with E-state index in [1.807, 2.05) is 30.5 Å². The van der Waals surface area contributed by atoms with Crippen molar-refractivity contribution in [2.45, 2.75) is 12.0 Å². The lowest BCUT2D eigenvalue weighted by molar-refractivity contribution is 0.0603. The molecule has 1 unspecified atom stereocenters. The first-order chi connectivity index (χ1) is 7.30. The van der Waals surface area contributed by atoms with E-state index in [2.05, 4.69) is 10.3 Å². The lowest BCUT2D eigenvalue weighted by Gasteiger charge is -2.22. The number of aliphatic hydroxyl groups is 1. The number of hydrogen-bond donors (Lipinski definition) is 3. The highest BCUT2D eigenvalue weighted by molar-refractivity contribution is 5.83. The highest BCUT2D eigenvalue weighted by Gasteiger charge is 2.34. The van der Waals surface area contributed by atoms with Gasteiger partial charge in [-0.2, -0.15) is 0 Å². The van der Waals surface area contributed by atoms with Gasteiger partial charge in [-0.05, 0) is 30.7 Å². The number of nitrogens with one attached hydrogen (secondary N) is 2. The van der Waals surface area contributed by atoms with E-state index in [9.17, 15) is 5.11 Å². The predicted octanol–water partition coefficient (Wildman–Crippen LogP) is 1.35. The molecule has 1 aliphatic heterocycles. The Hall–Kier alpha value is -1.32. The van der Waals surface area contributed by atoms with Crippen LogP contribution in [0.3, 0.4) is 0 Å². The molecule has 0 radical (unpaired) electrons. The maximum absolute atomic E-state index is 10.5. The van der Waals surface area contributed by atoms with Crippen LogP contribution in [-0.4, -0.2) is 23.2 Å². The summed E-state index contributed by atoms with van der Waals surface area (Å²) in [6, 6.07) is 8.07. The van der Waals surface area contributed by atoms with Crippen molar-refractivity contribution >= 4 is 10.9 Å². The first kappa shape index (κ1) is 8.95. The highest BCUT2D eigenvalue weighted by Crippen LogP contribution is 2.32. The average Bonchev–Trinajstić information content (AvgIpc) is 2.85. The summed E-state index contributed by atoms with van der Waals surface area (Å²) in [4.78, 5) is 3.17. The number of β-amino-alcohol motifs (C(OH)–C–C–N with tert-alkyl or cyclic N) is 1. The van der Waals surface area contributed by atoms with E-state index in [1.54, 1.807) is 0 Å². The number of H-pyrrole nitrogens is 1. The predicted molar refractivity (Wildman–Crippen MR) is 59.7 cm³/mol. The second-order valence-electron chi connectivity index (χ2n) is 4.20. The Morgan fingerprint density at radius 3 is 3.00 bits per heavy atom. The fourth-order valence-corrected chi connectivity index (χ4v) is 2.40.